The Labute approximate surface area is 195 Å². The lowest BCUT2D eigenvalue weighted by Crippen LogP contribution is -2.23. The van der Waals surface area contributed by atoms with Gasteiger partial charge in [0.25, 0.3) is 5.69 Å². The van der Waals surface area contributed by atoms with E-state index in [1.807, 2.05) is 0 Å². The number of anilines is 2. The zero-order valence-corrected chi connectivity index (χ0v) is 18.3. The number of hydrogen-bond acceptors (Lipinski definition) is 7. The average Bonchev–Trinajstić information content (AvgIpc) is 3.24. The summed E-state index contributed by atoms with van der Waals surface area (Å²) in [5, 5.41) is 12.3. The Balaban J connectivity index is 1.66. The van der Waals surface area contributed by atoms with Crippen molar-refractivity contribution < 1.29 is 32.4 Å². The standard InChI is InChI=1S/C22H16F3N3O5S/c1-14(29)27(19-4-2-3-16(11-19)22(23,24)25)21-26-17(13-34-21)12-33-20(30)10-7-15-5-8-18(9-6-15)28(31)32/h2-11,13H,12H2,1H3/b10-7+. The molecule has 34 heavy (non-hydrogen) atoms. The number of esters is 1. The zero-order chi connectivity index (χ0) is 24.9. The van der Waals surface area contributed by atoms with Crippen LogP contribution in [0.15, 0.2) is 60.0 Å². The van der Waals surface area contributed by atoms with E-state index in [2.05, 4.69) is 4.98 Å². The average molecular weight is 491 g/mol. The Morgan fingerprint density at radius 2 is 1.91 bits per heavy atom. The Morgan fingerprint density at radius 3 is 2.53 bits per heavy atom. The third-order valence-electron chi connectivity index (χ3n) is 4.36. The summed E-state index contributed by atoms with van der Waals surface area (Å²) in [5.74, 6) is -1.24. The second kappa shape index (κ2) is 10.3. The van der Waals surface area contributed by atoms with Gasteiger partial charge in [0.1, 0.15) is 6.61 Å². The van der Waals surface area contributed by atoms with E-state index in [1.54, 1.807) is 0 Å². The first kappa shape index (κ1) is 24.6. The van der Waals surface area contributed by atoms with Gasteiger partial charge >= 0.3 is 12.1 Å². The highest BCUT2D eigenvalue weighted by Gasteiger charge is 2.31. The molecular weight excluding hydrogens is 475 g/mol. The van der Waals surface area contributed by atoms with Gasteiger partial charge < -0.3 is 4.74 Å². The molecule has 0 radical (unpaired) electrons. The summed E-state index contributed by atoms with van der Waals surface area (Å²) in [7, 11) is 0. The molecule has 1 amide bonds. The van der Waals surface area contributed by atoms with E-state index in [1.165, 1.54) is 54.8 Å². The van der Waals surface area contributed by atoms with Crippen molar-refractivity contribution in [3.8, 4) is 0 Å². The number of benzene rings is 2. The topological polar surface area (TPSA) is 103 Å². The molecule has 3 aromatic rings. The largest absolute Gasteiger partial charge is 0.456 e. The highest BCUT2D eigenvalue weighted by molar-refractivity contribution is 7.14. The molecule has 3 rings (SSSR count). The smallest absolute Gasteiger partial charge is 0.416 e. The predicted octanol–water partition coefficient (Wildman–Crippen LogP) is 5.51. The third-order valence-corrected chi connectivity index (χ3v) is 5.23. The van der Waals surface area contributed by atoms with Crippen molar-refractivity contribution in [2.45, 2.75) is 19.7 Å². The molecule has 0 saturated heterocycles. The van der Waals surface area contributed by atoms with Crippen LogP contribution in [0.2, 0.25) is 0 Å². The minimum absolute atomic E-state index is 0.00579. The van der Waals surface area contributed by atoms with Crippen LogP contribution in [0.3, 0.4) is 0 Å². The van der Waals surface area contributed by atoms with Gasteiger partial charge in [0, 0.05) is 30.5 Å². The van der Waals surface area contributed by atoms with Gasteiger partial charge in [-0.15, -0.1) is 11.3 Å². The summed E-state index contributed by atoms with van der Waals surface area (Å²) in [6.07, 6.45) is -2.01. The number of carbonyl (C=O) groups is 2. The molecule has 0 N–H and O–H groups in total. The molecule has 0 unspecified atom stereocenters. The van der Waals surface area contributed by atoms with Crippen LogP contribution in [0.4, 0.5) is 29.7 Å². The monoisotopic (exact) mass is 491 g/mol. The maximum absolute atomic E-state index is 13.0. The lowest BCUT2D eigenvalue weighted by molar-refractivity contribution is -0.384. The molecule has 2 aromatic carbocycles. The first-order valence-corrected chi connectivity index (χ1v) is 10.4. The van der Waals surface area contributed by atoms with Crippen LogP contribution in [0.1, 0.15) is 23.7 Å². The van der Waals surface area contributed by atoms with Crippen molar-refractivity contribution in [1.82, 2.24) is 4.98 Å². The van der Waals surface area contributed by atoms with Crippen molar-refractivity contribution in [3.63, 3.8) is 0 Å². The van der Waals surface area contributed by atoms with Gasteiger partial charge in [-0.05, 0) is 42.0 Å². The molecule has 0 bridgehead atoms. The van der Waals surface area contributed by atoms with E-state index in [4.69, 9.17) is 4.74 Å². The van der Waals surface area contributed by atoms with Crippen LogP contribution >= 0.6 is 11.3 Å². The summed E-state index contributed by atoms with van der Waals surface area (Å²) < 4.78 is 44.2. The van der Waals surface area contributed by atoms with E-state index in [9.17, 15) is 32.9 Å². The number of halogens is 3. The van der Waals surface area contributed by atoms with Gasteiger partial charge in [-0.25, -0.2) is 9.78 Å². The molecule has 8 nitrogen and oxygen atoms in total. The van der Waals surface area contributed by atoms with E-state index < -0.39 is 28.5 Å². The molecule has 1 heterocycles. The van der Waals surface area contributed by atoms with Gasteiger partial charge in [-0.2, -0.15) is 13.2 Å². The van der Waals surface area contributed by atoms with Crippen molar-refractivity contribution >= 4 is 45.8 Å². The number of ether oxygens (including phenoxy) is 1. The number of hydrogen-bond donors (Lipinski definition) is 0. The van der Waals surface area contributed by atoms with Crippen LogP contribution in [0, 0.1) is 10.1 Å². The number of amides is 1. The van der Waals surface area contributed by atoms with Crippen molar-refractivity contribution in [3.05, 3.63) is 86.9 Å². The second-order valence-electron chi connectivity index (χ2n) is 6.81. The first-order chi connectivity index (χ1) is 16.0. The summed E-state index contributed by atoms with van der Waals surface area (Å²) in [6, 6.07) is 9.85. The van der Waals surface area contributed by atoms with Crippen molar-refractivity contribution in [2.75, 3.05) is 4.90 Å². The van der Waals surface area contributed by atoms with Crippen molar-refractivity contribution in [1.29, 1.82) is 0 Å². The highest BCUT2D eigenvalue weighted by Crippen LogP contribution is 2.35. The summed E-state index contributed by atoms with van der Waals surface area (Å²) in [4.78, 5) is 39.4. The number of rotatable bonds is 7. The fraction of sp³-hybridized carbons (Fsp3) is 0.136. The zero-order valence-electron chi connectivity index (χ0n) is 17.5. The fourth-order valence-electron chi connectivity index (χ4n) is 2.78. The molecule has 0 saturated carbocycles. The maximum Gasteiger partial charge on any atom is 0.416 e. The Morgan fingerprint density at radius 1 is 1.21 bits per heavy atom. The SMILES string of the molecule is CC(=O)N(c1cccc(C(F)(F)F)c1)c1nc(COC(=O)/C=C/c2ccc([N+](=O)[O-])cc2)cs1. The van der Waals surface area contributed by atoms with Crippen LogP contribution in [0.25, 0.3) is 6.08 Å². The summed E-state index contributed by atoms with van der Waals surface area (Å²) >= 11 is 1.01. The van der Waals surface area contributed by atoms with E-state index in [-0.39, 0.29) is 23.1 Å². The van der Waals surface area contributed by atoms with Gasteiger partial charge in [0.2, 0.25) is 5.91 Å². The number of carbonyl (C=O) groups excluding carboxylic acids is 2. The number of non-ortho nitro benzene ring substituents is 1. The quantitative estimate of drug-likeness (QED) is 0.187. The van der Waals surface area contributed by atoms with E-state index >= 15 is 0 Å². The molecule has 0 spiro atoms. The minimum Gasteiger partial charge on any atom is -0.456 e. The molecule has 12 heteroatoms. The maximum atomic E-state index is 13.0. The number of nitro benzene ring substituents is 1. The van der Waals surface area contributed by atoms with E-state index in [0.717, 1.165) is 34.4 Å². The number of nitro groups is 1. The lowest BCUT2D eigenvalue weighted by Gasteiger charge is -2.19. The summed E-state index contributed by atoms with van der Waals surface area (Å²) in [5.41, 5.74) is -0.121. The van der Waals surface area contributed by atoms with Gasteiger partial charge in [0.05, 0.1) is 21.9 Å². The number of aromatic nitrogens is 1. The molecule has 0 aliphatic carbocycles. The van der Waals surface area contributed by atoms with Gasteiger partial charge in [-0.1, -0.05) is 6.07 Å². The van der Waals surface area contributed by atoms with Gasteiger partial charge in [0.15, 0.2) is 5.13 Å². The highest BCUT2D eigenvalue weighted by atomic mass is 32.1. The normalized spacial score (nSPS) is 11.4. The molecule has 176 valence electrons. The summed E-state index contributed by atoms with van der Waals surface area (Å²) in [6.45, 7) is 0.971. The first-order valence-electron chi connectivity index (χ1n) is 9.56. The fourth-order valence-corrected chi connectivity index (χ4v) is 3.65. The third kappa shape index (κ3) is 6.25. The molecule has 0 atom stereocenters. The molecular formula is C22H16F3N3O5S. The molecule has 0 aliphatic heterocycles. The van der Waals surface area contributed by atoms with Crippen molar-refractivity contribution in [2.24, 2.45) is 0 Å². The minimum atomic E-state index is -4.57. The number of thiazole rings is 1. The van der Waals surface area contributed by atoms with E-state index in [0.29, 0.717) is 11.3 Å². The molecule has 0 aliphatic rings. The Hall–Kier alpha value is -4.06. The van der Waals surface area contributed by atoms with Crippen LogP contribution in [-0.2, 0) is 27.1 Å². The molecule has 1 aromatic heterocycles. The van der Waals surface area contributed by atoms with Crippen LogP contribution in [0.5, 0.6) is 0 Å². The number of nitrogens with zero attached hydrogens (tertiary/aromatic N) is 3. The Bertz CT molecular complexity index is 1240. The number of alkyl halides is 3. The second-order valence-corrected chi connectivity index (χ2v) is 7.65. The van der Waals surface area contributed by atoms with Gasteiger partial charge in [-0.3, -0.25) is 19.8 Å². The van der Waals surface area contributed by atoms with Crippen LogP contribution < -0.4 is 4.90 Å². The lowest BCUT2D eigenvalue weighted by atomic mass is 10.2. The molecule has 0 fully saturated rings. The predicted molar refractivity (Wildman–Crippen MR) is 118 cm³/mol. The van der Waals surface area contributed by atoms with Crippen LogP contribution in [-0.4, -0.2) is 21.8 Å². The Kier molecular flexibility index (Phi) is 7.41.